The van der Waals surface area contributed by atoms with E-state index in [4.69, 9.17) is 14.2 Å². The lowest BCUT2D eigenvalue weighted by atomic mass is 9.90. The van der Waals surface area contributed by atoms with Gasteiger partial charge in [0.1, 0.15) is 5.75 Å². The Morgan fingerprint density at radius 1 is 1.00 bits per heavy atom. The Bertz CT molecular complexity index is 1120. The summed E-state index contributed by atoms with van der Waals surface area (Å²) in [6.07, 6.45) is 3.81. The van der Waals surface area contributed by atoms with Crippen molar-refractivity contribution in [1.29, 1.82) is 0 Å². The van der Waals surface area contributed by atoms with Crippen molar-refractivity contribution in [3.8, 4) is 5.75 Å². The van der Waals surface area contributed by atoms with Gasteiger partial charge in [-0.15, -0.1) is 0 Å². The molecule has 1 unspecified atom stereocenters. The zero-order valence-corrected chi connectivity index (χ0v) is 19.9. The number of rotatable bonds is 6. The number of esters is 2. The summed E-state index contributed by atoms with van der Waals surface area (Å²) in [6, 6.07) is 16.1. The highest BCUT2D eigenvalue weighted by Crippen LogP contribution is 2.36. The molecule has 3 saturated heterocycles. The van der Waals surface area contributed by atoms with Crippen LogP contribution in [0.4, 0.5) is 5.69 Å². The minimum atomic E-state index is -1.82. The lowest BCUT2D eigenvalue weighted by Crippen LogP contribution is -2.55. The maximum absolute atomic E-state index is 13.3. The number of methoxy groups -OCH3 is 1. The van der Waals surface area contributed by atoms with Crippen LogP contribution in [0.25, 0.3) is 0 Å². The van der Waals surface area contributed by atoms with Gasteiger partial charge in [0.25, 0.3) is 0 Å². The number of nitrogens with zero attached hydrogens (tertiary/aromatic N) is 2. The lowest BCUT2D eigenvalue weighted by Gasteiger charge is -2.37. The van der Waals surface area contributed by atoms with Crippen LogP contribution in [0.2, 0.25) is 0 Å². The van der Waals surface area contributed by atoms with E-state index in [2.05, 4.69) is 17.0 Å². The fourth-order valence-corrected chi connectivity index (χ4v) is 5.40. The first-order chi connectivity index (χ1) is 17.0. The highest BCUT2D eigenvalue weighted by atomic mass is 16.8. The standard InChI is InChI=1S/C27H30N2O6/c1-33-22-10-4-8-20(17-22)21-9-5-14-28(18-21)16-12-19-7-2-3-11-23(19)29-15-6-13-27(26(29)32)34-24(30)25(31)35-27/h2-4,7-8,10-11,17,21H,5-6,9,12-16,18H2,1H3. The summed E-state index contributed by atoms with van der Waals surface area (Å²) in [4.78, 5) is 40.7. The third-order valence-corrected chi connectivity index (χ3v) is 7.19. The number of amides is 1. The van der Waals surface area contributed by atoms with Crippen LogP contribution in [0.3, 0.4) is 0 Å². The average Bonchev–Trinajstić information content (AvgIpc) is 3.18. The first-order valence-corrected chi connectivity index (χ1v) is 12.2. The summed E-state index contributed by atoms with van der Waals surface area (Å²) in [5.41, 5.74) is 3.12. The zero-order valence-electron chi connectivity index (χ0n) is 19.9. The van der Waals surface area contributed by atoms with Crippen LogP contribution in [0, 0.1) is 0 Å². The third kappa shape index (κ3) is 4.62. The average molecular weight is 479 g/mol. The zero-order chi connectivity index (χ0) is 24.4. The van der Waals surface area contributed by atoms with Gasteiger partial charge in [-0.25, -0.2) is 9.59 Å². The van der Waals surface area contributed by atoms with Crippen molar-refractivity contribution in [3.05, 3.63) is 59.7 Å². The molecule has 0 aliphatic carbocycles. The molecule has 5 rings (SSSR count). The molecule has 3 aliphatic heterocycles. The Morgan fingerprint density at radius 2 is 1.80 bits per heavy atom. The number of carbonyl (C=O) groups is 3. The van der Waals surface area contributed by atoms with Crippen molar-refractivity contribution in [3.63, 3.8) is 0 Å². The van der Waals surface area contributed by atoms with Gasteiger partial charge in [0.15, 0.2) is 0 Å². The minimum absolute atomic E-state index is 0.182. The van der Waals surface area contributed by atoms with Crippen molar-refractivity contribution in [1.82, 2.24) is 4.90 Å². The smallest absolute Gasteiger partial charge is 0.421 e. The molecule has 0 saturated carbocycles. The Morgan fingerprint density at radius 3 is 2.60 bits per heavy atom. The van der Waals surface area contributed by atoms with Gasteiger partial charge in [-0.3, -0.25) is 4.79 Å². The molecule has 184 valence electrons. The van der Waals surface area contributed by atoms with Gasteiger partial charge in [0.05, 0.1) is 7.11 Å². The molecule has 3 fully saturated rings. The highest BCUT2D eigenvalue weighted by Gasteiger charge is 2.58. The molecule has 8 heteroatoms. The highest BCUT2D eigenvalue weighted by molar-refractivity contribution is 6.32. The van der Waals surface area contributed by atoms with E-state index in [0.717, 1.165) is 55.9 Å². The SMILES string of the molecule is COc1cccc(C2CCCN(CCc3ccccc3N3CCCC4(OC(=O)C(=O)O4)C3=O)C2)c1. The van der Waals surface area contributed by atoms with Gasteiger partial charge < -0.3 is 24.0 Å². The maximum Gasteiger partial charge on any atom is 0.421 e. The molecule has 1 atom stereocenters. The molecule has 8 nitrogen and oxygen atoms in total. The second kappa shape index (κ2) is 9.70. The summed E-state index contributed by atoms with van der Waals surface area (Å²) < 4.78 is 15.6. The molecule has 35 heavy (non-hydrogen) atoms. The third-order valence-electron chi connectivity index (χ3n) is 7.19. The van der Waals surface area contributed by atoms with E-state index in [-0.39, 0.29) is 6.42 Å². The Hall–Kier alpha value is -3.39. The molecular weight excluding hydrogens is 448 g/mol. The molecule has 0 aromatic heterocycles. The first-order valence-electron chi connectivity index (χ1n) is 12.2. The van der Waals surface area contributed by atoms with Crippen molar-refractivity contribution >= 4 is 23.5 Å². The topological polar surface area (TPSA) is 85.4 Å². The Balaban J connectivity index is 1.28. The molecule has 2 aromatic carbocycles. The number of piperidine rings is 2. The van der Waals surface area contributed by atoms with Gasteiger partial charge in [0.2, 0.25) is 0 Å². The number of anilines is 1. The number of benzene rings is 2. The maximum atomic E-state index is 13.3. The fraction of sp³-hybridized carbons (Fsp3) is 0.444. The number of para-hydroxylation sites is 1. The monoisotopic (exact) mass is 478 g/mol. The molecule has 3 aliphatic rings. The number of ether oxygens (including phenoxy) is 3. The molecular formula is C27H30N2O6. The number of hydrogen-bond donors (Lipinski definition) is 0. The van der Waals surface area contributed by atoms with Crippen LogP contribution in [-0.2, 0) is 30.3 Å². The lowest BCUT2D eigenvalue weighted by molar-refractivity contribution is -0.192. The van der Waals surface area contributed by atoms with Crippen LogP contribution in [0.15, 0.2) is 48.5 Å². The van der Waals surface area contributed by atoms with Crippen molar-refractivity contribution in [2.24, 2.45) is 0 Å². The molecule has 3 heterocycles. The van der Waals surface area contributed by atoms with E-state index in [1.54, 1.807) is 12.0 Å². The predicted octanol–water partition coefficient (Wildman–Crippen LogP) is 3.04. The van der Waals surface area contributed by atoms with Gasteiger partial charge in [-0.2, -0.15) is 0 Å². The van der Waals surface area contributed by atoms with Crippen LogP contribution in [0.5, 0.6) is 5.75 Å². The van der Waals surface area contributed by atoms with E-state index in [9.17, 15) is 14.4 Å². The second-order valence-corrected chi connectivity index (χ2v) is 9.39. The molecule has 0 N–H and O–H groups in total. The van der Waals surface area contributed by atoms with E-state index >= 15 is 0 Å². The largest absolute Gasteiger partial charge is 0.497 e. The second-order valence-electron chi connectivity index (χ2n) is 9.39. The Kier molecular flexibility index (Phi) is 6.47. The van der Waals surface area contributed by atoms with Gasteiger partial charge in [-0.05, 0) is 67.5 Å². The molecule has 1 spiro atoms. The van der Waals surface area contributed by atoms with Crippen LogP contribution >= 0.6 is 0 Å². The molecule has 0 bridgehead atoms. The predicted molar refractivity (Wildman–Crippen MR) is 128 cm³/mol. The van der Waals surface area contributed by atoms with Gasteiger partial charge >= 0.3 is 23.6 Å². The normalized spacial score (nSPS) is 22.3. The van der Waals surface area contributed by atoms with E-state index in [1.165, 1.54) is 5.56 Å². The van der Waals surface area contributed by atoms with E-state index in [1.807, 2.05) is 36.4 Å². The van der Waals surface area contributed by atoms with Crippen molar-refractivity contribution < 1.29 is 28.6 Å². The summed E-state index contributed by atoms with van der Waals surface area (Å²) in [5.74, 6) is -3.18. The molecule has 2 aromatic rings. The fourth-order valence-electron chi connectivity index (χ4n) is 5.40. The van der Waals surface area contributed by atoms with Gasteiger partial charge in [0, 0.05) is 31.7 Å². The summed E-state index contributed by atoms with van der Waals surface area (Å²) in [5, 5.41) is 0. The van der Waals surface area contributed by atoms with E-state index in [0.29, 0.717) is 18.9 Å². The van der Waals surface area contributed by atoms with Crippen LogP contribution in [-0.4, -0.2) is 61.8 Å². The summed E-state index contributed by atoms with van der Waals surface area (Å²) in [6.45, 7) is 3.37. The Labute approximate surface area is 204 Å². The molecule has 0 radical (unpaired) electrons. The van der Waals surface area contributed by atoms with Crippen LogP contribution < -0.4 is 9.64 Å². The number of likely N-dealkylation sites (tertiary alicyclic amines) is 1. The molecule has 1 amide bonds. The van der Waals surface area contributed by atoms with Gasteiger partial charge in [-0.1, -0.05) is 30.3 Å². The number of hydrogen-bond acceptors (Lipinski definition) is 7. The first kappa shape index (κ1) is 23.4. The summed E-state index contributed by atoms with van der Waals surface area (Å²) >= 11 is 0. The minimum Gasteiger partial charge on any atom is -0.497 e. The van der Waals surface area contributed by atoms with Crippen LogP contribution in [0.1, 0.15) is 42.7 Å². The van der Waals surface area contributed by atoms with Crippen molar-refractivity contribution in [2.45, 2.75) is 43.8 Å². The quantitative estimate of drug-likeness (QED) is 0.466. The van der Waals surface area contributed by atoms with Crippen molar-refractivity contribution in [2.75, 3.05) is 38.2 Å². The van der Waals surface area contributed by atoms with E-state index < -0.39 is 23.6 Å². The number of carbonyl (C=O) groups excluding carboxylic acids is 3. The summed E-state index contributed by atoms with van der Waals surface area (Å²) in [7, 11) is 1.69.